The Morgan fingerprint density at radius 1 is 1.08 bits per heavy atom. The van der Waals surface area contributed by atoms with Gasteiger partial charge in [-0.2, -0.15) is 0 Å². The van der Waals surface area contributed by atoms with Crippen LogP contribution in [0.1, 0.15) is 57.4 Å². The van der Waals surface area contributed by atoms with Gasteiger partial charge in [0.15, 0.2) is 0 Å². The zero-order chi connectivity index (χ0) is 18.2. The van der Waals surface area contributed by atoms with Crippen LogP contribution >= 0.6 is 0 Å². The van der Waals surface area contributed by atoms with Crippen LogP contribution in [0, 0.1) is 11.3 Å². The molecule has 4 nitrogen and oxygen atoms in total. The van der Waals surface area contributed by atoms with Crippen molar-refractivity contribution >= 4 is 11.8 Å². The molecule has 3 aliphatic rings. The number of carbonyl (C=O) groups excluding carboxylic acids is 2. The largest absolute Gasteiger partial charge is 0.355 e. The lowest BCUT2D eigenvalue weighted by Crippen LogP contribution is -2.42. The van der Waals surface area contributed by atoms with Crippen LogP contribution in [-0.2, 0) is 15.0 Å². The van der Waals surface area contributed by atoms with Crippen LogP contribution in [0.15, 0.2) is 30.3 Å². The number of carbonyl (C=O) groups is 2. The van der Waals surface area contributed by atoms with E-state index in [1.165, 1.54) is 31.2 Å². The van der Waals surface area contributed by atoms with Crippen LogP contribution in [0.5, 0.6) is 0 Å². The summed E-state index contributed by atoms with van der Waals surface area (Å²) in [7, 11) is 0. The first-order chi connectivity index (χ1) is 12.5. The first-order valence-corrected chi connectivity index (χ1v) is 10.1. The summed E-state index contributed by atoms with van der Waals surface area (Å²) in [6, 6.07) is 10.7. The number of piperidine rings is 1. The van der Waals surface area contributed by atoms with Gasteiger partial charge in [-0.15, -0.1) is 0 Å². The van der Waals surface area contributed by atoms with Crippen LogP contribution < -0.4 is 5.32 Å². The van der Waals surface area contributed by atoms with Crippen molar-refractivity contribution in [1.29, 1.82) is 0 Å². The Morgan fingerprint density at radius 3 is 2.35 bits per heavy atom. The molecule has 1 spiro atoms. The molecule has 26 heavy (non-hydrogen) atoms. The summed E-state index contributed by atoms with van der Waals surface area (Å²) < 4.78 is 0. The van der Waals surface area contributed by atoms with E-state index in [9.17, 15) is 9.59 Å². The van der Waals surface area contributed by atoms with E-state index in [-0.39, 0.29) is 28.6 Å². The summed E-state index contributed by atoms with van der Waals surface area (Å²) in [6.07, 6.45) is 7.80. The fourth-order valence-corrected chi connectivity index (χ4v) is 5.33. The minimum absolute atomic E-state index is 0.122. The van der Waals surface area contributed by atoms with E-state index in [0.29, 0.717) is 0 Å². The maximum Gasteiger partial charge on any atom is 0.223 e. The Kier molecular flexibility index (Phi) is 4.54. The van der Waals surface area contributed by atoms with Crippen molar-refractivity contribution in [1.82, 2.24) is 10.2 Å². The Hall–Kier alpha value is -1.84. The average Bonchev–Trinajstić information content (AvgIpc) is 3.14. The molecule has 0 bridgehead atoms. The van der Waals surface area contributed by atoms with Crippen LogP contribution in [0.4, 0.5) is 0 Å². The highest BCUT2D eigenvalue weighted by atomic mass is 16.2. The lowest BCUT2D eigenvalue weighted by Gasteiger charge is -2.33. The number of benzene rings is 1. The van der Waals surface area contributed by atoms with Gasteiger partial charge < -0.3 is 10.2 Å². The Bertz CT molecular complexity index is 671. The molecule has 1 aromatic carbocycles. The first-order valence-electron chi connectivity index (χ1n) is 10.1. The van der Waals surface area contributed by atoms with Crippen LogP contribution in [0.25, 0.3) is 0 Å². The second kappa shape index (κ2) is 6.71. The van der Waals surface area contributed by atoms with Gasteiger partial charge in [0, 0.05) is 37.9 Å². The van der Waals surface area contributed by atoms with Gasteiger partial charge >= 0.3 is 0 Å². The molecule has 3 fully saturated rings. The third-order valence-corrected chi connectivity index (χ3v) is 7.26. The molecule has 1 aliphatic heterocycles. The van der Waals surface area contributed by atoms with E-state index in [1.807, 2.05) is 4.90 Å². The van der Waals surface area contributed by atoms with Gasteiger partial charge in [-0.1, -0.05) is 43.2 Å². The van der Waals surface area contributed by atoms with Crippen molar-refractivity contribution < 1.29 is 9.59 Å². The zero-order valence-corrected chi connectivity index (χ0v) is 15.8. The lowest BCUT2D eigenvalue weighted by atomic mass is 9.78. The Labute approximate surface area is 156 Å². The monoisotopic (exact) mass is 354 g/mol. The van der Waals surface area contributed by atoms with Crippen LogP contribution in [0.2, 0.25) is 0 Å². The normalized spacial score (nSPS) is 25.9. The maximum atomic E-state index is 12.8. The fourth-order valence-electron chi connectivity index (χ4n) is 5.33. The highest BCUT2D eigenvalue weighted by Crippen LogP contribution is 2.59. The summed E-state index contributed by atoms with van der Waals surface area (Å²) in [5, 5.41) is 3.31. The molecule has 1 N–H and O–H groups in total. The number of nitrogens with one attached hydrogen (secondary N) is 1. The number of likely N-dealkylation sites (tertiary alicyclic amines) is 1. The van der Waals surface area contributed by atoms with Gasteiger partial charge in [0.2, 0.25) is 11.8 Å². The number of nitrogens with zero attached hydrogens (tertiary/aromatic N) is 1. The number of amides is 2. The zero-order valence-electron chi connectivity index (χ0n) is 15.8. The van der Waals surface area contributed by atoms with E-state index in [1.54, 1.807) is 6.92 Å². The summed E-state index contributed by atoms with van der Waals surface area (Å²) in [6.45, 7) is 4.03. The van der Waals surface area contributed by atoms with E-state index < -0.39 is 0 Å². The molecule has 2 saturated carbocycles. The summed E-state index contributed by atoms with van der Waals surface area (Å²) in [5.41, 5.74) is 1.67. The minimum atomic E-state index is 0.122. The summed E-state index contributed by atoms with van der Waals surface area (Å²) in [4.78, 5) is 26.3. The molecular formula is C22H30N2O2. The molecule has 1 atom stereocenters. The molecular weight excluding hydrogens is 324 g/mol. The highest BCUT2D eigenvalue weighted by molar-refractivity contribution is 5.83. The van der Waals surface area contributed by atoms with Crippen molar-refractivity contribution in [2.45, 2.75) is 57.3 Å². The van der Waals surface area contributed by atoms with Gasteiger partial charge in [0.05, 0.1) is 0 Å². The van der Waals surface area contributed by atoms with Gasteiger partial charge in [0.1, 0.15) is 0 Å². The first kappa shape index (κ1) is 17.6. The number of hydrogen-bond donors (Lipinski definition) is 1. The SMILES string of the molecule is CC(=O)N1CCC2(CC1)CC2C(=O)NCC1(c2ccccc2)CCCC1. The van der Waals surface area contributed by atoms with Crippen molar-refractivity contribution in [3.8, 4) is 0 Å². The molecule has 1 aromatic rings. The predicted octanol–water partition coefficient (Wildman–Crippen LogP) is 3.26. The Balaban J connectivity index is 1.35. The van der Waals surface area contributed by atoms with Crippen molar-refractivity contribution in [2.75, 3.05) is 19.6 Å². The van der Waals surface area contributed by atoms with Crippen LogP contribution in [-0.4, -0.2) is 36.3 Å². The summed E-state index contributed by atoms with van der Waals surface area (Å²) in [5.74, 6) is 0.557. The summed E-state index contributed by atoms with van der Waals surface area (Å²) >= 11 is 0. The third kappa shape index (κ3) is 3.15. The predicted molar refractivity (Wildman–Crippen MR) is 102 cm³/mol. The third-order valence-electron chi connectivity index (χ3n) is 7.26. The quantitative estimate of drug-likeness (QED) is 0.902. The fraction of sp³-hybridized carbons (Fsp3) is 0.636. The number of rotatable bonds is 4. The Morgan fingerprint density at radius 2 is 1.73 bits per heavy atom. The second-order valence-corrected chi connectivity index (χ2v) is 8.70. The average molecular weight is 354 g/mol. The van der Waals surface area contributed by atoms with E-state index in [2.05, 4.69) is 35.6 Å². The topological polar surface area (TPSA) is 49.4 Å². The molecule has 1 heterocycles. The lowest BCUT2D eigenvalue weighted by molar-refractivity contribution is -0.130. The maximum absolute atomic E-state index is 12.8. The number of hydrogen-bond acceptors (Lipinski definition) is 2. The standard InChI is InChI=1S/C22H30N2O2/c1-17(25)24-13-11-21(12-14-24)15-19(21)20(26)23-16-22(9-5-6-10-22)18-7-3-2-4-8-18/h2-4,7-8,19H,5-6,9-16H2,1H3,(H,23,26). The molecule has 1 saturated heterocycles. The molecule has 2 aliphatic carbocycles. The molecule has 4 heteroatoms. The highest BCUT2D eigenvalue weighted by Gasteiger charge is 2.58. The molecule has 2 amide bonds. The van der Waals surface area contributed by atoms with Crippen molar-refractivity contribution in [3.05, 3.63) is 35.9 Å². The smallest absolute Gasteiger partial charge is 0.223 e. The van der Waals surface area contributed by atoms with Crippen molar-refractivity contribution in [3.63, 3.8) is 0 Å². The van der Waals surface area contributed by atoms with E-state index in [4.69, 9.17) is 0 Å². The van der Waals surface area contributed by atoms with Gasteiger partial charge in [-0.05, 0) is 43.1 Å². The van der Waals surface area contributed by atoms with Gasteiger partial charge in [0.25, 0.3) is 0 Å². The molecule has 140 valence electrons. The van der Waals surface area contributed by atoms with E-state index in [0.717, 1.165) is 38.9 Å². The van der Waals surface area contributed by atoms with Crippen molar-refractivity contribution in [2.24, 2.45) is 11.3 Å². The second-order valence-electron chi connectivity index (χ2n) is 8.70. The van der Waals surface area contributed by atoms with Crippen LogP contribution in [0.3, 0.4) is 0 Å². The molecule has 4 rings (SSSR count). The molecule has 0 radical (unpaired) electrons. The van der Waals surface area contributed by atoms with Gasteiger partial charge in [-0.3, -0.25) is 9.59 Å². The molecule has 1 unspecified atom stereocenters. The molecule has 0 aromatic heterocycles. The minimum Gasteiger partial charge on any atom is -0.355 e. The van der Waals surface area contributed by atoms with Gasteiger partial charge in [-0.25, -0.2) is 0 Å². The van der Waals surface area contributed by atoms with E-state index >= 15 is 0 Å².